The van der Waals surface area contributed by atoms with E-state index >= 15 is 0 Å². The average molecular weight is 456 g/mol. The van der Waals surface area contributed by atoms with E-state index in [0.29, 0.717) is 52.4 Å². The third-order valence-electron chi connectivity index (χ3n) is 6.58. The number of methoxy groups -OCH3 is 1. The lowest BCUT2D eigenvalue weighted by Crippen LogP contribution is -2.43. The molecule has 2 heterocycles. The molecule has 0 amide bonds. The second kappa shape index (κ2) is 8.92. The molecule has 0 spiro atoms. The number of hydrogen-bond acceptors (Lipinski definition) is 8. The molecule has 4 atom stereocenters. The fourth-order valence-electron chi connectivity index (χ4n) is 4.71. The van der Waals surface area contributed by atoms with Gasteiger partial charge in [0.15, 0.2) is 17.3 Å². The Morgan fingerprint density at radius 3 is 2.67 bits per heavy atom. The van der Waals surface area contributed by atoms with Crippen LogP contribution in [0.25, 0.3) is 0 Å². The maximum absolute atomic E-state index is 13.7. The van der Waals surface area contributed by atoms with Gasteiger partial charge in [-0.2, -0.15) is 0 Å². The first-order chi connectivity index (χ1) is 15.8. The normalized spacial score (nSPS) is 24.8. The van der Waals surface area contributed by atoms with Crippen molar-refractivity contribution in [3.63, 3.8) is 0 Å². The van der Waals surface area contributed by atoms with E-state index in [1.165, 1.54) is 7.11 Å². The molecule has 0 bridgehead atoms. The Morgan fingerprint density at radius 2 is 1.97 bits per heavy atom. The van der Waals surface area contributed by atoms with Crippen LogP contribution < -0.4 is 14.8 Å². The van der Waals surface area contributed by atoms with Gasteiger partial charge in [0.2, 0.25) is 6.79 Å². The molecule has 8 heteroatoms. The van der Waals surface area contributed by atoms with Crippen LogP contribution in [0.15, 0.2) is 40.7 Å². The third kappa shape index (κ3) is 3.98. The predicted molar refractivity (Wildman–Crippen MR) is 118 cm³/mol. The first-order valence-corrected chi connectivity index (χ1v) is 11.2. The Hall–Kier alpha value is -3.29. The SMILES string of the molecule is CC[C@H](C)OC(=O)C1=C(C)NC2=C(C(=O)[C@H](C(=O)OC)[C@H](C)C2)[C@@H]1c1ccc2c(c1)OCO2. The minimum absolute atomic E-state index is 0.109. The quantitative estimate of drug-likeness (QED) is 0.533. The molecule has 0 saturated carbocycles. The van der Waals surface area contributed by atoms with E-state index in [2.05, 4.69) is 5.32 Å². The molecule has 8 nitrogen and oxygen atoms in total. The molecule has 0 radical (unpaired) electrons. The van der Waals surface area contributed by atoms with Crippen LogP contribution in [0, 0.1) is 11.8 Å². The summed E-state index contributed by atoms with van der Waals surface area (Å²) in [4.78, 5) is 39.5. The zero-order valence-corrected chi connectivity index (χ0v) is 19.5. The van der Waals surface area contributed by atoms with Gasteiger partial charge in [0.05, 0.1) is 18.8 Å². The van der Waals surface area contributed by atoms with Crippen LogP contribution >= 0.6 is 0 Å². The van der Waals surface area contributed by atoms with E-state index in [1.54, 1.807) is 19.1 Å². The zero-order valence-electron chi connectivity index (χ0n) is 19.5. The number of benzene rings is 1. The summed E-state index contributed by atoms with van der Waals surface area (Å²) >= 11 is 0. The monoisotopic (exact) mass is 455 g/mol. The molecule has 3 aliphatic rings. The summed E-state index contributed by atoms with van der Waals surface area (Å²) in [6, 6.07) is 5.36. The molecule has 1 aromatic rings. The van der Waals surface area contributed by atoms with E-state index in [-0.39, 0.29) is 24.6 Å². The van der Waals surface area contributed by atoms with Crippen molar-refractivity contribution in [1.82, 2.24) is 5.32 Å². The van der Waals surface area contributed by atoms with Crippen molar-refractivity contribution in [2.75, 3.05) is 13.9 Å². The van der Waals surface area contributed by atoms with Gasteiger partial charge in [0, 0.05) is 22.9 Å². The van der Waals surface area contributed by atoms with Gasteiger partial charge in [0.1, 0.15) is 5.92 Å². The fourth-order valence-corrected chi connectivity index (χ4v) is 4.71. The molecule has 0 saturated heterocycles. The summed E-state index contributed by atoms with van der Waals surface area (Å²) in [5, 5.41) is 3.26. The lowest BCUT2D eigenvalue weighted by Gasteiger charge is -2.38. The molecule has 1 aromatic carbocycles. The van der Waals surface area contributed by atoms with Crippen molar-refractivity contribution < 1.29 is 33.3 Å². The van der Waals surface area contributed by atoms with Crippen LogP contribution in [0.5, 0.6) is 11.5 Å². The molecule has 0 aromatic heterocycles. The van der Waals surface area contributed by atoms with Crippen LogP contribution in [-0.4, -0.2) is 37.7 Å². The van der Waals surface area contributed by atoms with Crippen molar-refractivity contribution in [1.29, 1.82) is 0 Å². The fraction of sp³-hybridized carbons (Fsp3) is 0.480. The van der Waals surface area contributed by atoms with E-state index in [1.807, 2.05) is 26.8 Å². The lowest BCUT2D eigenvalue weighted by molar-refractivity contribution is -0.151. The Labute approximate surface area is 192 Å². The molecule has 0 unspecified atom stereocenters. The second-order valence-electron chi connectivity index (χ2n) is 8.77. The van der Waals surface area contributed by atoms with Crippen LogP contribution in [0.1, 0.15) is 52.0 Å². The van der Waals surface area contributed by atoms with Crippen molar-refractivity contribution in [3.05, 3.63) is 46.3 Å². The summed E-state index contributed by atoms with van der Waals surface area (Å²) in [5.41, 5.74) is 2.77. The summed E-state index contributed by atoms with van der Waals surface area (Å²) in [6.07, 6.45) is 0.859. The number of rotatable bonds is 5. The maximum atomic E-state index is 13.7. The van der Waals surface area contributed by atoms with E-state index in [9.17, 15) is 14.4 Å². The van der Waals surface area contributed by atoms with E-state index in [4.69, 9.17) is 18.9 Å². The number of Topliss-reactive ketones (excluding diaryl/α,β-unsaturated/α-hetero) is 1. The Bertz CT molecular complexity index is 1070. The van der Waals surface area contributed by atoms with Crippen molar-refractivity contribution in [2.24, 2.45) is 11.8 Å². The smallest absolute Gasteiger partial charge is 0.337 e. The largest absolute Gasteiger partial charge is 0.468 e. The Morgan fingerprint density at radius 1 is 1.24 bits per heavy atom. The van der Waals surface area contributed by atoms with Gasteiger partial charge >= 0.3 is 11.9 Å². The highest BCUT2D eigenvalue weighted by atomic mass is 16.7. The number of fused-ring (bicyclic) bond motifs is 1. The molecule has 4 rings (SSSR count). The van der Waals surface area contributed by atoms with Crippen molar-refractivity contribution >= 4 is 17.7 Å². The number of ketones is 1. The summed E-state index contributed by atoms with van der Waals surface area (Å²) in [7, 11) is 1.28. The van der Waals surface area contributed by atoms with Gasteiger partial charge in [-0.25, -0.2) is 4.79 Å². The Kier molecular flexibility index (Phi) is 6.19. The van der Waals surface area contributed by atoms with Gasteiger partial charge in [-0.05, 0) is 50.3 Å². The van der Waals surface area contributed by atoms with Crippen LogP contribution in [-0.2, 0) is 23.9 Å². The first-order valence-electron chi connectivity index (χ1n) is 11.2. The predicted octanol–water partition coefficient (Wildman–Crippen LogP) is 3.37. The topological polar surface area (TPSA) is 100 Å². The molecular formula is C25H29NO7. The number of nitrogens with one attached hydrogen (secondary N) is 1. The van der Waals surface area contributed by atoms with Crippen LogP contribution in [0.4, 0.5) is 0 Å². The first kappa shape index (κ1) is 22.9. The third-order valence-corrected chi connectivity index (χ3v) is 6.58. The molecule has 33 heavy (non-hydrogen) atoms. The molecule has 0 fully saturated rings. The minimum atomic E-state index is -0.933. The van der Waals surface area contributed by atoms with E-state index in [0.717, 1.165) is 0 Å². The number of carbonyl (C=O) groups excluding carboxylic acids is 3. The lowest BCUT2D eigenvalue weighted by atomic mass is 9.69. The summed E-state index contributed by atoms with van der Waals surface area (Å²) in [6.45, 7) is 7.52. The minimum Gasteiger partial charge on any atom is -0.468 e. The van der Waals surface area contributed by atoms with Gasteiger partial charge in [-0.15, -0.1) is 0 Å². The van der Waals surface area contributed by atoms with Gasteiger partial charge in [-0.3, -0.25) is 9.59 Å². The summed E-state index contributed by atoms with van der Waals surface area (Å²) in [5.74, 6) is -2.15. The molecule has 1 aliphatic carbocycles. The highest BCUT2D eigenvalue weighted by Crippen LogP contribution is 2.47. The summed E-state index contributed by atoms with van der Waals surface area (Å²) < 4.78 is 21.6. The number of carbonyl (C=O) groups is 3. The van der Waals surface area contributed by atoms with E-state index < -0.39 is 23.8 Å². The number of dihydropyridines is 1. The maximum Gasteiger partial charge on any atom is 0.337 e. The molecule has 1 N–H and O–H groups in total. The van der Waals surface area contributed by atoms with Gasteiger partial charge < -0.3 is 24.3 Å². The molecule has 2 aliphatic heterocycles. The number of hydrogen-bond donors (Lipinski definition) is 1. The number of esters is 2. The molecule has 176 valence electrons. The number of allylic oxidation sites excluding steroid dienone is 3. The second-order valence-corrected chi connectivity index (χ2v) is 8.77. The van der Waals surface area contributed by atoms with Crippen LogP contribution in [0.3, 0.4) is 0 Å². The van der Waals surface area contributed by atoms with Crippen molar-refractivity contribution in [2.45, 2.75) is 52.6 Å². The zero-order chi connectivity index (χ0) is 23.9. The Balaban J connectivity index is 1.85. The van der Waals surface area contributed by atoms with Gasteiger partial charge in [-0.1, -0.05) is 19.9 Å². The van der Waals surface area contributed by atoms with Crippen molar-refractivity contribution in [3.8, 4) is 11.5 Å². The standard InChI is InChI=1S/C25H29NO7/c1-6-13(3)33-25(29)20-14(4)26-16-9-12(2)19(24(28)30-5)23(27)22(16)21(20)15-7-8-17-18(10-15)32-11-31-17/h7-8,10,12-13,19,21,26H,6,9,11H2,1-5H3/t12-,13+,19-,21-/m1/s1. The highest BCUT2D eigenvalue weighted by molar-refractivity contribution is 6.12. The average Bonchev–Trinajstić information content (AvgIpc) is 3.25. The highest BCUT2D eigenvalue weighted by Gasteiger charge is 2.47. The van der Waals surface area contributed by atoms with Crippen LogP contribution in [0.2, 0.25) is 0 Å². The number of ether oxygens (including phenoxy) is 4. The molecular weight excluding hydrogens is 426 g/mol. The van der Waals surface area contributed by atoms with Gasteiger partial charge in [0.25, 0.3) is 0 Å².